The number of aromatic nitrogens is 3. The molecule has 0 aliphatic heterocycles. The smallest absolute Gasteiger partial charge is 0.182 e. The van der Waals surface area contributed by atoms with Crippen molar-refractivity contribution < 1.29 is 9.50 Å². The van der Waals surface area contributed by atoms with Crippen molar-refractivity contribution in [1.82, 2.24) is 15.2 Å². The van der Waals surface area contributed by atoms with Crippen LogP contribution in [0.15, 0.2) is 60.7 Å². The van der Waals surface area contributed by atoms with Crippen molar-refractivity contribution in [2.45, 2.75) is 0 Å². The van der Waals surface area contributed by atoms with Gasteiger partial charge in [0.1, 0.15) is 11.6 Å². The number of fused-ring (bicyclic) bond motifs is 1. The zero-order chi connectivity index (χ0) is 15.8. The summed E-state index contributed by atoms with van der Waals surface area (Å²) in [5.74, 6) is -0.0569. The second kappa shape index (κ2) is 5.21. The number of hydrogen-bond acceptors (Lipinski definition) is 3. The summed E-state index contributed by atoms with van der Waals surface area (Å²) in [6.45, 7) is 0. The third kappa shape index (κ3) is 2.42. The van der Waals surface area contributed by atoms with Crippen molar-refractivity contribution >= 4 is 11.0 Å². The summed E-state index contributed by atoms with van der Waals surface area (Å²) >= 11 is 0. The summed E-state index contributed by atoms with van der Waals surface area (Å²) < 4.78 is 13.1. The highest BCUT2D eigenvalue weighted by atomic mass is 19.1. The first-order valence-corrected chi connectivity index (χ1v) is 7.11. The van der Waals surface area contributed by atoms with Crippen LogP contribution in [0.4, 0.5) is 4.39 Å². The molecule has 0 saturated heterocycles. The summed E-state index contributed by atoms with van der Waals surface area (Å²) in [6.07, 6.45) is 0. The van der Waals surface area contributed by atoms with Crippen LogP contribution in [-0.4, -0.2) is 20.3 Å². The van der Waals surface area contributed by atoms with E-state index in [0.29, 0.717) is 5.65 Å². The average Bonchev–Trinajstić information content (AvgIpc) is 2.99. The number of benzene rings is 2. The molecule has 0 radical (unpaired) electrons. The van der Waals surface area contributed by atoms with Crippen LogP contribution in [0.1, 0.15) is 0 Å². The molecule has 0 atom stereocenters. The lowest BCUT2D eigenvalue weighted by Crippen LogP contribution is -1.84. The van der Waals surface area contributed by atoms with Gasteiger partial charge in [0.2, 0.25) is 0 Å². The largest absolute Gasteiger partial charge is 0.508 e. The summed E-state index contributed by atoms with van der Waals surface area (Å²) in [4.78, 5) is 4.54. The van der Waals surface area contributed by atoms with Crippen LogP contribution in [0.25, 0.3) is 33.5 Å². The van der Waals surface area contributed by atoms with Crippen LogP contribution in [0.3, 0.4) is 0 Å². The highest BCUT2D eigenvalue weighted by Gasteiger charge is 2.10. The number of nitrogens with zero attached hydrogens (tertiary/aromatic N) is 2. The molecule has 0 aliphatic carbocycles. The number of hydrogen-bond donors (Lipinski definition) is 2. The number of nitrogens with one attached hydrogen (secondary N) is 1. The molecule has 5 heteroatoms. The lowest BCUT2D eigenvalue weighted by atomic mass is 10.1. The van der Waals surface area contributed by atoms with E-state index in [-0.39, 0.29) is 11.6 Å². The van der Waals surface area contributed by atoms with E-state index in [4.69, 9.17) is 0 Å². The summed E-state index contributed by atoms with van der Waals surface area (Å²) in [6, 6.07) is 16.9. The first kappa shape index (κ1) is 13.5. The fraction of sp³-hybridized carbons (Fsp3) is 0. The molecule has 23 heavy (non-hydrogen) atoms. The molecule has 4 rings (SSSR count). The maximum atomic E-state index is 13.1. The summed E-state index contributed by atoms with van der Waals surface area (Å²) in [5.41, 5.74) is 3.93. The maximum absolute atomic E-state index is 13.1. The van der Waals surface area contributed by atoms with Crippen molar-refractivity contribution in [3.63, 3.8) is 0 Å². The van der Waals surface area contributed by atoms with Crippen molar-refractivity contribution in [2.24, 2.45) is 0 Å². The number of H-pyrrole nitrogens is 1. The Bertz CT molecular complexity index is 976. The monoisotopic (exact) mass is 305 g/mol. The molecule has 0 bridgehead atoms. The van der Waals surface area contributed by atoms with Gasteiger partial charge in [-0.2, -0.15) is 5.10 Å². The predicted octanol–water partition coefficient (Wildman–Crippen LogP) is 4.14. The average molecular weight is 305 g/mol. The minimum Gasteiger partial charge on any atom is -0.508 e. The third-order valence-corrected chi connectivity index (χ3v) is 3.71. The molecule has 0 amide bonds. The molecule has 0 saturated carbocycles. The van der Waals surface area contributed by atoms with Gasteiger partial charge < -0.3 is 5.11 Å². The van der Waals surface area contributed by atoms with Gasteiger partial charge in [0, 0.05) is 16.5 Å². The Kier molecular flexibility index (Phi) is 3.05. The van der Waals surface area contributed by atoms with Crippen LogP contribution in [-0.2, 0) is 0 Å². The van der Waals surface area contributed by atoms with Gasteiger partial charge in [-0.25, -0.2) is 9.37 Å². The van der Waals surface area contributed by atoms with Crippen LogP contribution in [0, 0.1) is 5.82 Å². The fourth-order valence-electron chi connectivity index (χ4n) is 2.53. The molecule has 112 valence electrons. The molecular formula is C18H12FN3O. The van der Waals surface area contributed by atoms with E-state index in [1.165, 1.54) is 12.1 Å². The molecular weight excluding hydrogens is 293 g/mol. The Hall–Kier alpha value is -3.21. The van der Waals surface area contributed by atoms with Crippen LogP contribution in [0.2, 0.25) is 0 Å². The van der Waals surface area contributed by atoms with Gasteiger partial charge in [-0.05, 0) is 60.7 Å². The second-order valence-corrected chi connectivity index (χ2v) is 5.22. The molecule has 2 aromatic heterocycles. The highest BCUT2D eigenvalue weighted by Crippen LogP contribution is 2.28. The van der Waals surface area contributed by atoms with Gasteiger partial charge in [0.05, 0.1) is 11.4 Å². The maximum Gasteiger partial charge on any atom is 0.182 e. The number of pyridine rings is 1. The minimum absolute atomic E-state index is 0.216. The van der Waals surface area contributed by atoms with Crippen LogP contribution >= 0.6 is 0 Å². The van der Waals surface area contributed by atoms with Gasteiger partial charge in [-0.15, -0.1) is 0 Å². The lowest BCUT2D eigenvalue weighted by Gasteiger charge is -2.02. The van der Waals surface area contributed by atoms with Crippen molar-refractivity contribution in [1.29, 1.82) is 0 Å². The van der Waals surface area contributed by atoms with E-state index in [0.717, 1.165) is 27.9 Å². The molecule has 4 nitrogen and oxygen atoms in total. The number of aromatic hydroxyl groups is 1. The highest BCUT2D eigenvalue weighted by molar-refractivity contribution is 5.91. The van der Waals surface area contributed by atoms with Gasteiger partial charge in [-0.3, -0.25) is 5.10 Å². The number of rotatable bonds is 2. The first-order valence-electron chi connectivity index (χ1n) is 7.11. The standard InChI is InChI=1S/C18H12FN3O/c19-13-5-1-12(2-6-13)17-15-9-10-16(20-18(15)22-21-17)11-3-7-14(23)8-4-11/h1-10,23H,(H,20,21,22). The molecule has 0 aliphatic rings. The fourth-order valence-corrected chi connectivity index (χ4v) is 2.53. The Labute approximate surface area is 131 Å². The van der Waals surface area contributed by atoms with E-state index in [1.807, 2.05) is 12.1 Å². The number of halogens is 1. The molecule has 2 aromatic carbocycles. The number of phenols is 1. The quantitative estimate of drug-likeness (QED) is 0.585. The van der Waals surface area contributed by atoms with Gasteiger partial charge in [-0.1, -0.05) is 0 Å². The summed E-state index contributed by atoms with van der Waals surface area (Å²) in [5, 5.41) is 17.4. The second-order valence-electron chi connectivity index (χ2n) is 5.22. The Morgan fingerprint density at radius 3 is 2.26 bits per heavy atom. The Morgan fingerprint density at radius 2 is 1.52 bits per heavy atom. The number of phenolic OH excluding ortho intramolecular Hbond substituents is 1. The molecule has 0 unspecified atom stereocenters. The van der Waals surface area contributed by atoms with E-state index in [1.54, 1.807) is 36.4 Å². The third-order valence-electron chi connectivity index (χ3n) is 3.71. The van der Waals surface area contributed by atoms with Crippen molar-refractivity contribution in [2.75, 3.05) is 0 Å². The normalized spacial score (nSPS) is 11.0. The van der Waals surface area contributed by atoms with Crippen molar-refractivity contribution in [3.8, 4) is 28.3 Å². The zero-order valence-electron chi connectivity index (χ0n) is 12.0. The molecule has 0 fully saturated rings. The van der Waals surface area contributed by atoms with E-state index < -0.39 is 0 Å². The van der Waals surface area contributed by atoms with Gasteiger partial charge in [0.25, 0.3) is 0 Å². The molecule has 0 spiro atoms. The topological polar surface area (TPSA) is 61.8 Å². The van der Waals surface area contributed by atoms with E-state index >= 15 is 0 Å². The van der Waals surface area contributed by atoms with E-state index in [2.05, 4.69) is 15.2 Å². The minimum atomic E-state index is -0.273. The van der Waals surface area contributed by atoms with E-state index in [9.17, 15) is 9.50 Å². The summed E-state index contributed by atoms with van der Waals surface area (Å²) in [7, 11) is 0. The molecule has 2 N–H and O–H groups in total. The Balaban J connectivity index is 1.79. The number of aromatic amines is 1. The van der Waals surface area contributed by atoms with Gasteiger partial charge >= 0.3 is 0 Å². The SMILES string of the molecule is Oc1ccc(-c2ccc3c(-c4ccc(F)cc4)[nH]nc3n2)cc1. The van der Waals surface area contributed by atoms with Crippen LogP contribution < -0.4 is 0 Å². The van der Waals surface area contributed by atoms with Gasteiger partial charge in [0.15, 0.2) is 5.65 Å². The lowest BCUT2D eigenvalue weighted by molar-refractivity contribution is 0.475. The molecule has 2 heterocycles. The predicted molar refractivity (Wildman–Crippen MR) is 86.4 cm³/mol. The van der Waals surface area contributed by atoms with Crippen LogP contribution in [0.5, 0.6) is 5.75 Å². The zero-order valence-corrected chi connectivity index (χ0v) is 12.0. The molecule has 4 aromatic rings. The van der Waals surface area contributed by atoms with Crippen molar-refractivity contribution in [3.05, 3.63) is 66.5 Å². The Morgan fingerprint density at radius 1 is 0.826 bits per heavy atom. The first-order chi connectivity index (χ1) is 11.2.